The Morgan fingerprint density at radius 2 is 2.03 bits per heavy atom. The standard InChI is InChI=1S/C22H21N3O5/c1-13-7-8-17-14(12-30-18(17)9-13)10-19(26)24-25-20(27)22(2,23-21(25)28)15-5-4-6-16(11-15)29-3/h4-9,11-12H,10H2,1-3H3,(H,23,28)(H,24,26)/t22-/m1/s1. The minimum Gasteiger partial charge on any atom is -0.497 e. The fourth-order valence-electron chi connectivity index (χ4n) is 3.53. The van der Waals surface area contributed by atoms with E-state index in [4.69, 9.17) is 9.15 Å². The second-order valence-electron chi connectivity index (χ2n) is 7.40. The average Bonchev–Trinajstić information content (AvgIpc) is 3.21. The third-order valence-corrected chi connectivity index (χ3v) is 5.24. The van der Waals surface area contributed by atoms with Crippen LogP contribution in [0.5, 0.6) is 5.75 Å². The second kappa shape index (κ2) is 7.22. The Balaban J connectivity index is 1.52. The predicted octanol–water partition coefficient (Wildman–Crippen LogP) is 2.79. The van der Waals surface area contributed by atoms with Gasteiger partial charge in [0.05, 0.1) is 19.8 Å². The number of rotatable bonds is 5. The van der Waals surface area contributed by atoms with E-state index >= 15 is 0 Å². The highest BCUT2D eigenvalue weighted by Crippen LogP contribution is 2.30. The van der Waals surface area contributed by atoms with Crippen molar-refractivity contribution in [2.75, 3.05) is 7.11 Å². The van der Waals surface area contributed by atoms with E-state index in [1.807, 2.05) is 25.1 Å². The number of fused-ring (bicyclic) bond motifs is 1. The molecular formula is C22H21N3O5. The number of nitrogens with one attached hydrogen (secondary N) is 2. The molecule has 4 rings (SSSR count). The lowest BCUT2D eigenvalue weighted by Crippen LogP contribution is -2.48. The molecule has 8 nitrogen and oxygen atoms in total. The molecule has 1 aliphatic rings. The molecular weight excluding hydrogens is 386 g/mol. The number of aryl methyl sites for hydroxylation is 1. The normalized spacial score (nSPS) is 18.6. The molecule has 4 amide bonds. The highest BCUT2D eigenvalue weighted by molar-refractivity contribution is 6.08. The minimum absolute atomic E-state index is 0.0387. The maximum atomic E-state index is 13.0. The summed E-state index contributed by atoms with van der Waals surface area (Å²) in [6, 6.07) is 11.8. The van der Waals surface area contributed by atoms with Crippen molar-refractivity contribution in [1.82, 2.24) is 15.8 Å². The van der Waals surface area contributed by atoms with Gasteiger partial charge in [-0.05, 0) is 43.2 Å². The fourth-order valence-corrected chi connectivity index (χ4v) is 3.53. The number of benzene rings is 2. The third kappa shape index (κ3) is 3.26. The molecule has 1 aliphatic heterocycles. The fraction of sp³-hybridized carbons (Fsp3) is 0.227. The minimum atomic E-state index is -1.32. The molecule has 3 aromatic rings. The van der Waals surface area contributed by atoms with Crippen LogP contribution in [-0.4, -0.2) is 30.0 Å². The van der Waals surface area contributed by atoms with Gasteiger partial charge in [-0.25, -0.2) is 4.79 Å². The molecule has 1 atom stereocenters. The van der Waals surface area contributed by atoms with E-state index in [0.29, 0.717) is 27.5 Å². The van der Waals surface area contributed by atoms with E-state index in [1.54, 1.807) is 31.2 Å². The van der Waals surface area contributed by atoms with Gasteiger partial charge in [0.25, 0.3) is 5.91 Å². The first kappa shape index (κ1) is 19.5. The number of nitrogens with zero attached hydrogens (tertiary/aromatic N) is 1. The molecule has 154 valence electrons. The lowest BCUT2D eigenvalue weighted by Gasteiger charge is -2.22. The second-order valence-corrected chi connectivity index (χ2v) is 7.40. The van der Waals surface area contributed by atoms with E-state index in [-0.39, 0.29) is 6.42 Å². The molecule has 0 radical (unpaired) electrons. The number of ether oxygens (including phenoxy) is 1. The smallest absolute Gasteiger partial charge is 0.344 e. The topological polar surface area (TPSA) is 101 Å². The molecule has 0 bridgehead atoms. The lowest BCUT2D eigenvalue weighted by molar-refractivity contribution is -0.138. The van der Waals surface area contributed by atoms with Crippen LogP contribution in [0.4, 0.5) is 4.79 Å². The summed E-state index contributed by atoms with van der Waals surface area (Å²) in [4.78, 5) is 38.0. The zero-order chi connectivity index (χ0) is 21.5. The Morgan fingerprint density at radius 3 is 2.80 bits per heavy atom. The summed E-state index contributed by atoms with van der Waals surface area (Å²) in [6.07, 6.45) is 1.47. The molecule has 30 heavy (non-hydrogen) atoms. The molecule has 2 heterocycles. The van der Waals surface area contributed by atoms with Gasteiger partial charge in [-0.2, -0.15) is 5.01 Å². The van der Waals surface area contributed by atoms with Gasteiger partial charge < -0.3 is 14.5 Å². The molecule has 1 saturated heterocycles. The molecule has 0 saturated carbocycles. The summed E-state index contributed by atoms with van der Waals surface area (Å²) in [7, 11) is 1.52. The number of methoxy groups -OCH3 is 1. The maximum absolute atomic E-state index is 13.0. The molecule has 8 heteroatoms. The van der Waals surface area contributed by atoms with Crippen LogP contribution in [0.3, 0.4) is 0 Å². The zero-order valence-corrected chi connectivity index (χ0v) is 16.8. The molecule has 2 aromatic carbocycles. The monoisotopic (exact) mass is 407 g/mol. The van der Waals surface area contributed by atoms with Gasteiger partial charge in [0.2, 0.25) is 5.91 Å². The highest BCUT2D eigenvalue weighted by Gasteiger charge is 2.50. The number of hydrogen-bond donors (Lipinski definition) is 2. The number of imide groups is 1. The van der Waals surface area contributed by atoms with E-state index < -0.39 is 23.4 Å². The Labute approximate surface area is 172 Å². The SMILES string of the molecule is COc1cccc([C@@]2(C)NC(=O)N(NC(=O)Cc3coc4cc(C)ccc34)C2=O)c1. The number of amides is 4. The van der Waals surface area contributed by atoms with E-state index in [1.165, 1.54) is 13.4 Å². The Kier molecular flexibility index (Phi) is 4.69. The van der Waals surface area contributed by atoms with Crippen LogP contribution in [0.15, 0.2) is 53.1 Å². The van der Waals surface area contributed by atoms with Crippen LogP contribution in [-0.2, 0) is 21.5 Å². The van der Waals surface area contributed by atoms with Gasteiger partial charge in [-0.15, -0.1) is 0 Å². The van der Waals surface area contributed by atoms with Crippen molar-refractivity contribution >= 4 is 28.8 Å². The van der Waals surface area contributed by atoms with Crippen LogP contribution in [0.2, 0.25) is 0 Å². The van der Waals surface area contributed by atoms with Crippen molar-refractivity contribution in [3.8, 4) is 5.75 Å². The average molecular weight is 407 g/mol. The van der Waals surface area contributed by atoms with Gasteiger partial charge in [-0.3, -0.25) is 15.0 Å². The molecule has 2 N–H and O–H groups in total. The van der Waals surface area contributed by atoms with Crippen LogP contribution >= 0.6 is 0 Å². The van der Waals surface area contributed by atoms with Crippen LogP contribution in [0, 0.1) is 6.92 Å². The first-order chi connectivity index (χ1) is 14.3. The van der Waals surface area contributed by atoms with Gasteiger partial charge in [-0.1, -0.05) is 24.3 Å². The molecule has 1 aromatic heterocycles. The summed E-state index contributed by atoms with van der Waals surface area (Å²) in [5.41, 5.74) is 4.03. The van der Waals surface area contributed by atoms with Gasteiger partial charge in [0, 0.05) is 10.9 Å². The van der Waals surface area contributed by atoms with Crippen LogP contribution in [0.25, 0.3) is 11.0 Å². The summed E-state index contributed by atoms with van der Waals surface area (Å²) in [6.45, 7) is 3.53. The first-order valence-electron chi connectivity index (χ1n) is 9.39. The first-order valence-corrected chi connectivity index (χ1v) is 9.39. The molecule has 0 unspecified atom stereocenters. The largest absolute Gasteiger partial charge is 0.497 e. The van der Waals surface area contributed by atoms with E-state index in [2.05, 4.69) is 10.7 Å². The van der Waals surface area contributed by atoms with Gasteiger partial charge >= 0.3 is 6.03 Å². The summed E-state index contributed by atoms with van der Waals surface area (Å²) in [5, 5.41) is 4.18. The van der Waals surface area contributed by atoms with Crippen LogP contribution < -0.4 is 15.5 Å². The van der Waals surface area contributed by atoms with Crippen molar-refractivity contribution < 1.29 is 23.5 Å². The zero-order valence-electron chi connectivity index (χ0n) is 16.8. The number of carbonyl (C=O) groups excluding carboxylic acids is 3. The van der Waals surface area contributed by atoms with Crippen molar-refractivity contribution in [3.05, 3.63) is 65.4 Å². The summed E-state index contributed by atoms with van der Waals surface area (Å²) < 4.78 is 10.7. The van der Waals surface area contributed by atoms with E-state index in [9.17, 15) is 14.4 Å². The predicted molar refractivity (Wildman–Crippen MR) is 109 cm³/mol. The lowest BCUT2D eigenvalue weighted by atomic mass is 9.92. The number of carbonyl (C=O) groups is 3. The number of furan rings is 1. The summed E-state index contributed by atoms with van der Waals surface area (Å²) in [5.74, 6) is -0.529. The summed E-state index contributed by atoms with van der Waals surface area (Å²) >= 11 is 0. The van der Waals surface area contributed by atoms with Gasteiger partial charge in [0.1, 0.15) is 16.9 Å². The van der Waals surface area contributed by atoms with E-state index in [0.717, 1.165) is 10.9 Å². The Morgan fingerprint density at radius 1 is 1.23 bits per heavy atom. The highest BCUT2D eigenvalue weighted by atomic mass is 16.5. The quantitative estimate of drug-likeness (QED) is 0.634. The Hall–Kier alpha value is -3.81. The molecule has 0 aliphatic carbocycles. The number of hydrogen-bond acceptors (Lipinski definition) is 5. The maximum Gasteiger partial charge on any atom is 0.344 e. The van der Waals surface area contributed by atoms with Crippen molar-refractivity contribution in [3.63, 3.8) is 0 Å². The van der Waals surface area contributed by atoms with Crippen molar-refractivity contribution in [2.45, 2.75) is 25.8 Å². The Bertz CT molecular complexity index is 1170. The van der Waals surface area contributed by atoms with Crippen LogP contribution in [0.1, 0.15) is 23.6 Å². The molecule has 1 fully saturated rings. The van der Waals surface area contributed by atoms with Crippen molar-refractivity contribution in [2.24, 2.45) is 0 Å². The third-order valence-electron chi connectivity index (χ3n) is 5.24. The van der Waals surface area contributed by atoms with Gasteiger partial charge in [0.15, 0.2) is 0 Å². The number of urea groups is 1. The molecule has 0 spiro atoms. The number of hydrazine groups is 1. The van der Waals surface area contributed by atoms with Crippen molar-refractivity contribution in [1.29, 1.82) is 0 Å².